The molecule has 1 atom stereocenters. The molecular formula is C13H16ClFN2O3. The quantitative estimate of drug-likeness (QED) is 0.892. The number of rotatable bonds is 4. The Morgan fingerprint density at radius 2 is 2.40 bits per heavy atom. The first-order valence-corrected chi connectivity index (χ1v) is 6.67. The van der Waals surface area contributed by atoms with Gasteiger partial charge in [0.05, 0.1) is 17.7 Å². The molecule has 2 rings (SSSR count). The van der Waals surface area contributed by atoms with Crippen molar-refractivity contribution in [1.82, 2.24) is 10.2 Å². The van der Waals surface area contributed by atoms with Crippen molar-refractivity contribution < 1.29 is 19.0 Å². The highest BCUT2D eigenvalue weighted by Crippen LogP contribution is 2.18. The first-order chi connectivity index (χ1) is 9.54. The van der Waals surface area contributed by atoms with Crippen molar-refractivity contribution in [3.05, 3.63) is 34.6 Å². The highest BCUT2D eigenvalue weighted by Gasteiger charge is 2.21. The smallest absolute Gasteiger partial charge is 0.404 e. The SMILES string of the molecule is O=C(O)NC[C@H]1CN(Cc2ccc(F)c(Cl)c2)CCO1. The molecule has 0 spiro atoms. The number of benzene rings is 1. The molecule has 1 fully saturated rings. The Morgan fingerprint density at radius 3 is 3.10 bits per heavy atom. The number of carboxylic acid groups (broad SMARTS) is 1. The van der Waals surface area contributed by atoms with Crippen molar-refractivity contribution in [2.75, 3.05) is 26.2 Å². The van der Waals surface area contributed by atoms with Gasteiger partial charge in [0.2, 0.25) is 0 Å². The third-order valence-corrected chi connectivity index (χ3v) is 3.38. The van der Waals surface area contributed by atoms with E-state index in [9.17, 15) is 9.18 Å². The van der Waals surface area contributed by atoms with E-state index in [4.69, 9.17) is 21.4 Å². The molecule has 0 bridgehead atoms. The van der Waals surface area contributed by atoms with E-state index in [0.29, 0.717) is 19.7 Å². The number of nitrogens with zero attached hydrogens (tertiary/aromatic N) is 1. The van der Waals surface area contributed by atoms with Crippen molar-refractivity contribution in [3.8, 4) is 0 Å². The average Bonchev–Trinajstić information content (AvgIpc) is 2.41. The van der Waals surface area contributed by atoms with Crippen LogP contribution >= 0.6 is 11.6 Å². The Labute approximate surface area is 121 Å². The van der Waals surface area contributed by atoms with Crippen molar-refractivity contribution in [3.63, 3.8) is 0 Å². The van der Waals surface area contributed by atoms with Crippen molar-refractivity contribution in [2.45, 2.75) is 12.6 Å². The fourth-order valence-corrected chi connectivity index (χ4v) is 2.35. The maximum absolute atomic E-state index is 13.1. The number of ether oxygens (including phenoxy) is 1. The second-order valence-corrected chi connectivity index (χ2v) is 5.07. The van der Waals surface area contributed by atoms with E-state index in [1.807, 2.05) is 0 Å². The van der Waals surface area contributed by atoms with Gasteiger partial charge in [-0.2, -0.15) is 0 Å². The van der Waals surface area contributed by atoms with Crippen LogP contribution in [0.2, 0.25) is 5.02 Å². The van der Waals surface area contributed by atoms with E-state index in [-0.39, 0.29) is 17.7 Å². The van der Waals surface area contributed by atoms with Crippen LogP contribution in [0.5, 0.6) is 0 Å². The Balaban J connectivity index is 1.88. The van der Waals surface area contributed by atoms with Crippen molar-refractivity contribution >= 4 is 17.7 Å². The van der Waals surface area contributed by atoms with Crippen LogP contribution in [0.25, 0.3) is 0 Å². The number of hydrogen-bond acceptors (Lipinski definition) is 3. The monoisotopic (exact) mass is 302 g/mol. The van der Waals surface area contributed by atoms with Crippen LogP contribution in [0.1, 0.15) is 5.56 Å². The van der Waals surface area contributed by atoms with Crippen molar-refractivity contribution in [1.29, 1.82) is 0 Å². The predicted octanol–water partition coefficient (Wildman–Crippen LogP) is 1.95. The topological polar surface area (TPSA) is 61.8 Å². The van der Waals surface area contributed by atoms with Gasteiger partial charge in [-0.3, -0.25) is 4.90 Å². The van der Waals surface area contributed by atoms with Gasteiger partial charge in [0.25, 0.3) is 0 Å². The first kappa shape index (κ1) is 15.0. The van der Waals surface area contributed by atoms with Gasteiger partial charge >= 0.3 is 6.09 Å². The number of carbonyl (C=O) groups is 1. The van der Waals surface area contributed by atoms with Gasteiger partial charge in [0.15, 0.2) is 0 Å². The molecule has 5 nitrogen and oxygen atoms in total. The van der Waals surface area contributed by atoms with E-state index in [1.165, 1.54) is 6.07 Å². The van der Waals surface area contributed by atoms with E-state index in [2.05, 4.69) is 10.2 Å². The molecule has 2 N–H and O–H groups in total. The summed E-state index contributed by atoms with van der Waals surface area (Å²) in [5.41, 5.74) is 0.920. The van der Waals surface area contributed by atoms with Gasteiger partial charge in [-0.05, 0) is 17.7 Å². The third-order valence-electron chi connectivity index (χ3n) is 3.09. The maximum Gasteiger partial charge on any atom is 0.404 e. The average molecular weight is 303 g/mol. The van der Waals surface area contributed by atoms with Crippen LogP contribution in [-0.4, -0.2) is 48.4 Å². The Bertz CT molecular complexity index is 487. The van der Waals surface area contributed by atoms with Crippen LogP contribution in [-0.2, 0) is 11.3 Å². The molecule has 0 radical (unpaired) electrons. The second-order valence-electron chi connectivity index (χ2n) is 4.66. The fourth-order valence-electron chi connectivity index (χ4n) is 2.14. The van der Waals surface area contributed by atoms with E-state index < -0.39 is 11.9 Å². The fraction of sp³-hybridized carbons (Fsp3) is 0.462. The highest BCUT2D eigenvalue weighted by atomic mass is 35.5. The van der Waals surface area contributed by atoms with Gasteiger partial charge in [-0.1, -0.05) is 17.7 Å². The van der Waals surface area contributed by atoms with Gasteiger partial charge in [0.1, 0.15) is 5.82 Å². The standard InChI is InChI=1S/C13H16ClFN2O3/c14-11-5-9(1-2-12(11)15)7-17-3-4-20-10(8-17)6-16-13(18)19/h1-2,5,10,16H,3-4,6-8H2,(H,18,19)/t10-/m0/s1. The van der Waals surface area contributed by atoms with Crippen LogP contribution in [0.15, 0.2) is 18.2 Å². The number of hydrogen-bond donors (Lipinski definition) is 2. The predicted molar refractivity (Wildman–Crippen MR) is 72.5 cm³/mol. The zero-order valence-electron chi connectivity index (χ0n) is 10.8. The number of amides is 1. The minimum atomic E-state index is -1.06. The van der Waals surface area contributed by atoms with Crippen molar-refractivity contribution in [2.24, 2.45) is 0 Å². The summed E-state index contributed by atoms with van der Waals surface area (Å²) < 4.78 is 18.6. The summed E-state index contributed by atoms with van der Waals surface area (Å²) in [6.45, 7) is 2.80. The first-order valence-electron chi connectivity index (χ1n) is 6.29. The molecule has 1 amide bonds. The zero-order valence-corrected chi connectivity index (χ0v) is 11.6. The molecule has 110 valence electrons. The van der Waals surface area contributed by atoms with Crippen LogP contribution < -0.4 is 5.32 Å². The van der Waals surface area contributed by atoms with Crippen LogP contribution in [0, 0.1) is 5.82 Å². The molecular weight excluding hydrogens is 287 g/mol. The van der Waals surface area contributed by atoms with Gasteiger partial charge in [-0.25, -0.2) is 9.18 Å². The molecule has 0 aliphatic carbocycles. The van der Waals surface area contributed by atoms with Crippen LogP contribution in [0.3, 0.4) is 0 Å². The normalized spacial score (nSPS) is 19.8. The van der Waals surface area contributed by atoms with E-state index in [1.54, 1.807) is 12.1 Å². The zero-order chi connectivity index (χ0) is 14.5. The summed E-state index contributed by atoms with van der Waals surface area (Å²) >= 11 is 5.75. The highest BCUT2D eigenvalue weighted by molar-refractivity contribution is 6.30. The largest absolute Gasteiger partial charge is 0.465 e. The lowest BCUT2D eigenvalue weighted by molar-refractivity contribution is -0.0293. The van der Waals surface area contributed by atoms with Gasteiger partial charge < -0.3 is 15.2 Å². The second kappa shape index (κ2) is 6.88. The Hall–Kier alpha value is -1.37. The number of morpholine rings is 1. The molecule has 0 aromatic heterocycles. The molecule has 1 aliphatic rings. The van der Waals surface area contributed by atoms with E-state index >= 15 is 0 Å². The lowest BCUT2D eigenvalue weighted by atomic mass is 10.2. The lowest BCUT2D eigenvalue weighted by Gasteiger charge is -2.32. The molecule has 1 aromatic rings. The molecule has 0 unspecified atom stereocenters. The molecule has 1 heterocycles. The summed E-state index contributed by atoms with van der Waals surface area (Å²) in [5.74, 6) is -0.430. The molecule has 0 saturated carbocycles. The summed E-state index contributed by atoms with van der Waals surface area (Å²) in [4.78, 5) is 12.6. The third kappa shape index (κ3) is 4.33. The van der Waals surface area contributed by atoms with E-state index in [0.717, 1.165) is 12.1 Å². The summed E-state index contributed by atoms with van der Waals surface area (Å²) in [7, 11) is 0. The summed E-state index contributed by atoms with van der Waals surface area (Å²) in [5, 5.41) is 11.0. The van der Waals surface area contributed by atoms with Gasteiger partial charge in [-0.15, -0.1) is 0 Å². The molecule has 1 aliphatic heterocycles. The minimum absolute atomic E-state index is 0.111. The summed E-state index contributed by atoms with van der Waals surface area (Å²) in [6.07, 6.45) is -1.23. The molecule has 7 heteroatoms. The Morgan fingerprint density at radius 1 is 1.60 bits per heavy atom. The number of nitrogens with one attached hydrogen (secondary N) is 1. The molecule has 20 heavy (non-hydrogen) atoms. The van der Waals surface area contributed by atoms with Gasteiger partial charge in [0, 0.05) is 26.2 Å². The summed E-state index contributed by atoms with van der Waals surface area (Å²) in [6, 6.07) is 4.65. The maximum atomic E-state index is 13.1. The molecule has 1 aromatic carbocycles. The Kier molecular flexibility index (Phi) is 5.17. The molecule has 1 saturated heterocycles. The minimum Gasteiger partial charge on any atom is -0.465 e. The lowest BCUT2D eigenvalue weighted by Crippen LogP contribution is -2.46. The number of halogens is 2. The van der Waals surface area contributed by atoms with Crippen LogP contribution in [0.4, 0.5) is 9.18 Å².